The summed E-state index contributed by atoms with van der Waals surface area (Å²) in [5.74, 6) is 0.478. The summed E-state index contributed by atoms with van der Waals surface area (Å²) in [5.41, 5.74) is -0.341. The van der Waals surface area contributed by atoms with Crippen molar-refractivity contribution >= 4 is 12.4 Å². The van der Waals surface area contributed by atoms with Crippen LogP contribution in [0.2, 0.25) is 0 Å². The van der Waals surface area contributed by atoms with Gasteiger partial charge in [0, 0.05) is 0 Å². The van der Waals surface area contributed by atoms with Crippen molar-refractivity contribution in [1.82, 2.24) is 0 Å². The molecule has 0 heterocycles. The maximum Gasteiger partial charge on any atom is 1.00 e. The SMILES string of the molecule is Cc1cc(OC(C)C)ccc1[B-](F)(F)F.[K+]. The first-order chi connectivity index (χ1) is 6.80. The van der Waals surface area contributed by atoms with E-state index < -0.39 is 12.4 Å². The quantitative estimate of drug-likeness (QED) is 0.683. The van der Waals surface area contributed by atoms with Gasteiger partial charge in [-0.05, 0) is 32.9 Å². The molecule has 0 unspecified atom stereocenters. The van der Waals surface area contributed by atoms with Gasteiger partial charge in [0.25, 0.3) is 0 Å². The predicted octanol–water partition coefficient (Wildman–Crippen LogP) is -0.159. The van der Waals surface area contributed by atoms with E-state index in [0.29, 0.717) is 5.75 Å². The fourth-order valence-electron chi connectivity index (χ4n) is 1.36. The van der Waals surface area contributed by atoms with E-state index in [9.17, 15) is 12.9 Å². The fraction of sp³-hybridized carbons (Fsp3) is 0.400. The summed E-state index contributed by atoms with van der Waals surface area (Å²) in [5, 5.41) is 0. The van der Waals surface area contributed by atoms with Crippen LogP contribution >= 0.6 is 0 Å². The van der Waals surface area contributed by atoms with Crippen LogP contribution in [0.1, 0.15) is 19.4 Å². The number of rotatable bonds is 3. The normalized spacial score (nSPS) is 11.2. The molecule has 0 saturated heterocycles. The predicted molar refractivity (Wildman–Crippen MR) is 55.7 cm³/mol. The average molecular weight is 256 g/mol. The summed E-state index contributed by atoms with van der Waals surface area (Å²) in [7, 11) is 0. The molecule has 0 fully saturated rings. The molecular formula is C10H13BF3KO. The number of halogens is 3. The molecule has 1 nitrogen and oxygen atoms in total. The summed E-state index contributed by atoms with van der Waals surface area (Å²) in [6, 6.07) is 3.86. The van der Waals surface area contributed by atoms with Gasteiger partial charge in [0.15, 0.2) is 0 Å². The van der Waals surface area contributed by atoms with E-state index in [4.69, 9.17) is 4.74 Å². The summed E-state index contributed by atoms with van der Waals surface area (Å²) >= 11 is 0. The van der Waals surface area contributed by atoms with E-state index in [1.54, 1.807) is 0 Å². The Morgan fingerprint density at radius 2 is 1.75 bits per heavy atom. The van der Waals surface area contributed by atoms with E-state index in [1.807, 2.05) is 13.8 Å². The van der Waals surface area contributed by atoms with Crippen LogP contribution in [0.25, 0.3) is 0 Å². The minimum atomic E-state index is -4.92. The molecule has 6 heteroatoms. The van der Waals surface area contributed by atoms with E-state index in [0.717, 1.165) is 6.07 Å². The number of ether oxygens (including phenoxy) is 1. The molecule has 84 valence electrons. The van der Waals surface area contributed by atoms with Gasteiger partial charge >= 0.3 is 58.4 Å². The minimum absolute atomic E-state index is 0. The van der Waals surface area contributed by atoms with Gasteiger partial charge in [0.05, 0.1) is 6.10 Å². The van der Waals surface area contributed by atoms with Crippen molar-refractivity contribution in [3.8, 4) is 5.75 Å². The molecular weight excluding hydrogens is 243 g/mol. The third-order valence-electron chi connectivity index (χ3n) is 1.97. The van der Waals surface area contributed by atoms with E-state index >= 15 is 0 Å². The molecule has 0 atom stereocenters. The van der Waals surface area contributed by atoms with E-state index in [2.05, 4.69) is 0 Å². The van der Waals surface area contributed by atoms with E-state index in [-0.39, 0.29) is 63.1 Å². The van der Waals surface area contributed by atoms with Gasteiger partial charge < -0.3 is 17.7 Å². The van der Waals surface area contributed by atoms with Gasteiger partial charge in [0.1, 0.15) is 5.75 Å². The van der Waals surface area contributed by atoms with Gasteiger partial charge in [-0.15, -0.1) is 5.46 Å². The fourth-order valence-corrected chi connectivity index (χ4v) is 1.36. The van der Waals surface area contributed by atoms with Crippen LogP contribution in [0.3, 0.4) is 0 Å². The molecule has 0 aliphatic heterocycles. The van der Waals surface area contributed by atoms with Crippen molar-refractivity contribution in [1.29, 1.82) is 0 Å². The van der Waals surface area contributed by atoms with Crippen molar-refractivity contribution in [2.75, 3.05) is 0 Å². The van der Waals surface area contributed by atoms with Gasteiger partial charge in [-0.1, -0.05) is 11.6 Å². The molecule has 1 aromatic carbocycles. The first-order valence-electron chi connectivity index (χ1n) is 4.78. The zero-order chi connectivity index (χ0) is 11.6. The number of hydrogen-bond donors (Lipinski definition) is 0. The van der Waals surface area contributed by atoms with Crippen LogP contribution < -0.4 is 61.6 Å². The molecule has 1 aromatic rings. The Morgan fingerprint density at radius 3 is 2.12 bits per heavy atom. The van der Waals surface area contributed by atoms with Crippen LogP contribution in [-0.2, 0) is 0 Å². The largest absolute Gasteiger partial charge is 1.00 e. The first kappa shape index (κ1) is 16.5. The molecule has 0 amide bonds. The molecule has 16 heavy (non-hydrogen) atoms. The second-order valence-electron chi connectivity index (χ2n) is 3.76. The van der Waals surface area contributed by atoms with Gasteiger partial charge in [-0.25, -0.2) is 0 Å². The number of aryl methyl sites for hydroxylation is 1. The average Bonchev–Trinajstić information content (AvgIpc) is 1.99. The second-order valence-corrected chi connectivity index (χ2v) is 3.76. The summed E-state index contributed by atoms with van der Waals surface area (Å²) in [6.45, 7) is 0.179. The van der Waals surface area contributed by atoms with Crippen LogP contribution in [0.4, 0.5) is 12.9 Å². The van der Waals surface area contributed by atoms with E-state index in [1.165, 1.54) is 19.1 Å². The van der Waals surface area contributed by atoms with Crippen LogP contribution in [0.15, 0.2) is 18.2 Å². The number of benzene rings is 1. The van der Waals surface area contributed by atoms with Crippen molar-refractivity contribution in [2.45, 2.75) is 26.9 Å². The minimum Gasteiger partial charge on any atom is -0.491 e. The Bertz CT molecular complexity index is 352. The Hall–Kier alpha value is 0.511. The molecule has 0 aromatic heterocycles. The van der Waals surface area contributed by atoms with Gasteiger partial charge in [-0.3, -0.25) is 0 Å². The monoisotopic (exact) mass is 256 g/mol. The maximum absolute atomic E-state index is 12.5. The number of hydrogen-bond acceptors (Lipinski definition) is 1. The van der Waals surface area contributed by atoms with Crippen molar-refractivity contribution < 1.29 is 69.1 Å². The summed E-state index contributed by atoms with van der Waals surface area (Å²) in [4.78, 5) is 0. The second kappa shape index (κ2) is 6.45. The zero-order valence-corrected chi connectivity index (χ0v) is 13.1. The van der Waals surface area contributed by atoms with Gasteiger partial charge in [0.2, 0.25) is 0 Å². The topological polar surface area (TPSA) is 9.23 Å². The van der Waals surface area contributed by atoms with Crippen LogP contribution in [0.5, 0.6) is 5.75 Å². The van der Waals surface area contributed by atoms with Gasteiger partial charge in [-0.2, -0.15) is 0 Å². The van der Waals surface area contributed by atoms with Crippen LogP contribution in [-0.4, -0.2) is 13.1 Å². The Kier molecular flexibility index (Phi) is 6.65. The molecule has 0 radical (unpaired) electrons. The summed E-state index contributed by atoms with van der Waals surface area (Å²) < 4.78 is 42.7. The van der Waals surface area contributed by atoms with Crippen molar-refractivity contribution in [3.05, 3.63) is 23.8 Å². The van der Waals surface area contributed by atoms with Crippen LogP contribution in [0, 0.1) is 6.92 Å². The Balaban J connectivity index is 0.00000225. The Morgan fingerprint density at radius 1 is 1.19 bits per heavy atom. The molecule has 0 spiro atoms. The zero-order valence-electron chi connectivity index (χ0n) is 9.93. The smallest absolute Gasteiger partial charge is 0.491 e. The molecule has 0 saturated carbocycles. The first-order valence-corrected chi connectivity index (χ1v) is 4.78. The molecule has 0 aliphatic rings. The molecule has 0 bridgehead atoms. The third kappa shape index (κ3) is 4.79. The van der Waals surface area contributed by atoms with Crippen molar-refractivity contribution in [3.63, 3.8) is 0 Å². The maximum atomic E-state index is 12.5. The molecule has 0 aliphatic carbocycles. The molecule has 1 rings (SSSR count). The third-order valence-corrected chi connectivity index (χ3v) is 1.97. The summed E-state index contributed by atoms with van der Waals surface area (Å²) in [6.07, 6.45) is -0.0355. The Labute approximate surface area is 136 Å². The van der Waals surface area contributed by atoms with Crippen molar-refractivity contribution in [2.24, 2.45) is 0 Å². The molecule has 0 N–H and O–H groups in total. The standard InChI is InChI=1S/C10H13BF3O.K/c1-7(2)15-9-4-5-10(8(3)6-9)11(12,13)14;/h4-7H,1-3H3;/q-1;+1.